The lowest BCUT2D eigenvalue weighted by Gasteiger charge is -2.36. The molecular formula is C14H18N2O. The van der Waals surface area contributed by atoms with Gasteiger partial charge in [-0.15, -0.1) is 0 Å². The van der Waals surface area contributed by atoms with Crippen molar-refractivity contribution in [2.45, 2.75) is 38.6 Å². The molecule has 1 aromatic rings. The summed E-state index contributed by atoms with van der Waals surface area (Å²) in [5.74, 6) is 2.87. The van der Waals surface area contributed by atoms with E-state index in [9.17, 15) is 4.79 Å². The third kappa shape index (κ3) is 1.95. The van der Waals surface area contributed by atoms with Crippen molar-refractivity contribution < 1.29 is 0 Å². The minimum Gasteiger partial charge on any atom is -0.336 e. The summed E-state index contributed by atoms with van der Waals surface area (Å²) in [5, 5.41) is 3.27. The van der Waals surface area contributed by atoms with Crippen LogP contribution >= 0.6 is 0 Å². The molecule has 0 bridgehead atoms. The number of pyridine rings is 1. The monoisotopic (exact) mass is 230 g/mol. The van der Waals surface area contributed by atoms with Crippen LogP contribution in [0.2, 0.25) is 0 Å². The lowest BCUT2D eigenvalue weighted by molar-refractivity contribution is 0.350. The van der Waals surface area contributed by atoms with Crippen molar-refractivity contribution in [3.05, 3.63) is 33.7 Å². The highest BCUT2D eigenvalue weighted by Gasteiger charge is 2.32. The Labute approximate surface area is 102 Å². The van der Waals surface area contributed by atoms with E-state index in [1.807, 2.05) is 20.0 Å². The molecule has 1 unspecified atom stereocenters. The zero-order chi connectivity index (χ0) is 12.5. The minimum atomic E-state index is -0.137. The van der Waals surface area contributed by atoms with Crippen LogP contribution in [0.3, 0.4) is 0 Å². The molecule has 3 heteroatoms. The first-order valence-corrected chi connectivity index (χ1v) is 5.97. The molecule has 1 heterocycles. The summed E-state index contributed by atoms with van der Waals surface area (Å²) in [5.41, 5.74) is 2.27. The standard InChI is InChI=1S/C14H18N2O/c1-4-10-15-14(2)9-5-6-12-11(14)7-8-13(17)16(12)3/h7-8,15H,5-6,9H2,1-3H3. The third-order valence-corrected chi connectivity index (χ3v) is 3.59. The molecule has 17 heavy (non-hydrogen) atoms. The first kappa shape index (κ1) is 11.8. The molecule has 1 atom stereocenters. The van der Waals surface area contributed by atoms with E-state index in [1.165, 1.54) is 5.56 Å². The van der Waals surface area contributed by atoms with Gasteiger partial charge in [-0.25, -0.2) is 0 Å². The van der Waals surface area contributed by atoms with Gasteiger partial charge >= 0.3 is 0 Å². The second kappa shape index (κ2) is 4.29. The Morgan fingerprint density at radius 3 is 2.94 bits per heavy atom. The van der Waals surface area contributed by atoms with Crippen molar-refractivity contribution in [3.8, 4) is 12.0 Å². The van der Waals surface area contributed by atoms with E-state index < -0.39 is 0 Å². The largest absolute Gasteiger partial charge is 0.336 e. The van der Waals surface area contributed by atoms with Gasteiger partial charge in [0.1, 0.15) is 0 Å². The summed E-state index contributed by atoms with van der Waals surface area (Å²) in [7, 11) is 1.85. The molecule has 0 fully saturated rings. The molecule has 90 valence electrons. The summed E-state index contributed by atoms with van der Waals surface area (Å²) < 4.78 is 1.76. The fourth-order valence-electron chi connectivity index (χ4n) is 2.56. The molecular weight excluding hydrogens is 212 g/mol. The average Bonchev–Trinajstić information content (AvgIpc) is 2.32. The van der Waals surface area contributed by atoms with Crippen LogP contribution in [-0.2, 0) is 19.0 Å². The van der Waals surface area contributed by atoms with Gasteiger partial charge in [0.15, 0.2) is 0 Å². The number of nitrogens with zero attached hydrogens (tertiary/aromatic N) is 1. The molecule has 0 amide bonds. The number of hydrogen-bond donors (Lipinski definition) is 1. The van der Waals surface area contributed by atoms with Crippen molar-refractivity contribution >= 4 is 0 Å². The van der Waals surface area contributed by atoms with Crippen LogP contribution in [0, 0.1) is 12.0 Å². The van der Waals surface area contributed by atoms with Crippen molar-refractivity contribution in [2.75, 3.05) is 0 Å². The maximum atomic E-state index is 11.6. The van der Waals surface area contributed by atoms with Crippen LogP contribution in [0.5, 0.6) is 0 Å². The molecule has 1 N–H and O–H groups in total. The van der Waals surface area contributed by atoms with Gasteiger partial charge in [-0.2, -0.15) is 0 Å². The van der Waals surface area contributed by atoms with E-state index in [4.69, 9.17) is 0 Å². The van der Waals surface area contributed by atoms with E-state index in [1.54, 1.807) is 10.6 Å². The summed E-state index contributed by atoms with van der Waals surface area (Å²) in [6.07, 6.45) is 3.10. The third-order valence-electron chi connectivity index (χ3n) is 3.59. The fourth-order valence-corrected chi connectivity index (χ4v) is 2.56. The maximum absolute atomic E-state index is 11.6. The zero-order valence-electron chi connectivity index (χ0n) is 10.6. The second-order valence-electron chi connectivity index (χ2n) is 4.78. The van der Waals surface area contributed by atoms with Gasteiger partial charge in [0.2, 0.25) is 5.56 Å². The van der Waals surface area contributed by atoms with Gasteiger partial charge in [-0.1, -0.05) is 5.92 Å². The van der Waals surface area contributed by atoms with Gasteiger partial charge in [-0.3, -0.25) is 4.79 Å². The first-order valence-electron chi connectivity index (χ1n) is 5.97. The SMILES string of the molecule is CC#CNC1(C)CCCc2c1ccc(=O)n2C. The molecule has 2 rings (SSSR count). The Bertz CT molecular complexity index is 548. The molecule has 0 saturated heterocycles. The first-order chi connectivity index (χ1) is 8.08. The van der Waals surface area contributed by atoms with E-state index in [-0.39, 0.29) is 11.1 Å². The molecule has 0 aromatic carbocycles. The highest BCUT2D eigenvalue weighted by Crippen LogP contribution is 2.33. The Hall–Kier alpha value is -1.69. The minimum absolute atomic E-state index is 0.0644. The zero-order valence-corrected chi connectivity index (χ0v) is 10.6. The molecule has 0 radical (unpaired) electrons. The maximum Gasteiger partial charge on any atom is 0.250 e. The number of aromatic nitrogens is 1. The van der Waals surface area contributed by atoms with Crippen LogP contribution in [0.25, 0.3) is 0 Å². The van der Waals surface area contributed by atoms with Gasteiger partial charge in [0, 0.05) is 24.9 Å². The van der Waals surface area contributed by atoms with Crippen molar-refractivity contribution in [2.24, 2.45) is 7.05 Å². The van der Waals surface area contributed by atoms with Crippen LogP contribution in [0.15, 0.2) is 16.9 Å². The smallest absolute Gasteiger partial charge is 0.250 e. The molecule has 1 aromatic heterocycles. The number of hydrogen-bond acceptors (Lipinski definition) is 2. The molecule has 0 spiro atoms. The second-order valence-corrected chi connectivity index (χ2v) is 4.78. The fraction of sp³-hybridized carbons (Fsp3) is 0.500. The predicted molar refractivity (Wildman–Crippen MR) is 68.6 cm³/mol. The lowest BCUT2D eigenvalue weighted by Crippen LogP contribution is -2.42. The van der Waals surface area contributed by atoms with Crippen molar-refractivity contribution in [1.29, 1.82) is 0 Å². The number of fused-ring (bicyclic) bond motifs is 1. The summed E-state index contributed by atoms with van der Waals surface area (Å²) in [6.45, 7) is 3.97. The molecule has 1 aliphatic carbocycles. The van der Waals surface area contributed by atoms with E-state index >= 15 is 0 Å². The van der Waals surface area contributed by atoms with Gasteiger partial charge in [0.05, 0.1) is 5.54 Å². The van der Waals surface area contributed by atoms with Gasteiger partial charge in [0.25, 0.3) is 0 Å². The van der Waals surface area contributed by atoms with Gasteiger partial charge in [-0.05, 0) is 44.7 Å². The molecule has 1 aliphatic rings. The van der Waals surface area contributed by atoms with Crippen LogP contribution in [0.4, 0.5) is 0 Å². The summed E-state index contributed by atoms with van der Waals surface area (Å²) in [4.78, 5) is 11.6. The normalized spacial score (nSPS) is 22.3. The predicted octanol–water partition coefficient (Wildman–Crippen LogP) is 1.51. The Balaban J connectivity index is 2.54. The Morgan fingerprint density at radius 1 is 1.47 bits per heavy atom. The quantitative estimate of drug-likeness (QED) is 0.586. The Kier molecular flexibility index (Phi) is 2.97. The summed E-state index contributed by atoms with van der Waals surface area (Å²) >= 11 is 0. The van der Waals surface area contributed by atoms with Crippen LogP contribution in [-0.4, -0.2) is 4.57 Å². The topological polar surface area (TPSA) is 34.0 Å². The van der Waals surface area contributed by atoms with Crippen LogP contribution in [0.1, 0.15) is 37.9 Å². The van der Waals surface area contributed by atoms with Crippen LogP contribution < -0.4 is 10.9 Å². The van der Waals surface area contributed by atoms with Crippen molar-refractivity contribution in [1.82, 2.24) is 9.88 Å². The number of nitrogens with one attached hydrogen (secondary N) is 1. The Morgan fingerprint density at radius 2 is 2.24 bits per heavy atom. The summed E-state index contributed by atoms with van der Waals surface area (Å²) in [6, 6.07) is 6.53. The number of rotatable bonds is 1. The van der Waals surface area contributed by atoms with E-state index in [0.717, 1.165) is 25.0 Å². The van der Waals surface area contributed by atoms with Crippen molar-refractivity contribution in [3.63, 3.8) is 0 Å². The van der Waals surface area contributed by atoms with Gasteiger partial charge < -0.3 is 9.88 Å². The van der Waals surface area contributed by atoms with E-state index in [2.05, 4.69) is 24.2 Å². The molecule has 0 saturated carbocycles. The lowest BCUT2D eigenvalue weighted by atomic mass is 9.80. The molecule has 0 aliphatic heterocycles. The molecule has 3 nitrogen and oxygen atoms in total. The highest BCUT2D eigenvalue weighted by atomic mass is 16.1. The highest BCUT2D eigenvalue weighted by molar-refractivity contribution is 5.32. The van der Waals surface area contributed by atoms with E-state index in [0.29, 0.717) is 0 Å². The average molecular weight is 230 g/mol.